The van der Waals surface area contributed by atoms with Gasteiger partial charge in [0.1, 0.15) is 11.9 Å². The first-order valence-corrected chi connectivity index (χ1v) is 8.97. The van der Waals surface area contributed by atoms with Gasteiger partial charge in [-0.2, -0.15) is 5.10 Å². The average molecular weight is 364 g/mol. The van der Waals surface area contributed by atoms with E-state index in [0.29, 0.717) is 43.0 Å². The lowest BCUT2D eigenvalue weighted by Crippen LogP contribution is -2.42. The summed E-state index contributed by atoms with van der Waals surface area (Å²) in [5, 5.41) is 4.21. The fourth-order valence-corrected chi connectivity index (χ4v) is 3.42. The van der Waals surface area contributed by atoms with E-state index >= 15 is 0 Å². The standard InChI is InChI=1S/C19H20N6O2/c1-2-16(25-10-3-7-21-25)19(27)24-11-6-14-15(12-24)22-17(23-18(14)26)13-4-8-20-9-5-13/h3-5,7-10,16H,2,6,11-12H2,1H3,(H,22,23,26)/t16-/m0/s1. The zero-order valence-electron chi connectivity index (χ0n) is 15.0. The summed E-state index contributed by atoms with van der Waals surface area (Å²) in [6.07, 6.45) is 7.92. The summed E-state index contributed by atoms with van der Waals surface area (Å²) in [5.41, 5.74) is 1.96. The Morgan fingerprint density at radius 1 is 1.30 bits per heavy atom. The molecule has 4 heterocycles. The van der Waals surface area contributed by atoms with Crippen LogP contribution in [0.1, 0.15) is 30.6 Å². The van der Waals surface area contributed by atoms with E-state index in [1.807, 2.05) is 13.0 Å². The molecule has 8 nitrogen and oxygen atoms in total. The highest BCUT2D eigenvalue weighted by atomic mass is 16.2. The minimum atomic E-state index is -0.344. The van der Waals surface area contributed by atoms with E-state index in [0.717, 1.165) is 5.56 Å². The van der Waals surface area contributed by atoms with Crippen LogP contribution in [0.15, 0.2) is 47.8 Å². The number of H-pyrrole nitrogens is 1. The Morgan fingerprint density at radius 2 is 2.11 bits per heavy atom. The van der Waals surface area contributed by atoms with Crippen LogP contribution in [0.4, 0.5) is 0 Å². The lowest BCUT2D eigenvalue weighted by atomic mass is 10.0. The molecule has 1 aliphatic heterocycles. The zero-order valence-corrected chi connectivity index (χ0v) is 15.0. The number of carbonyl (C=O) groups is 1. The third kappa shape index (κ3) is 3.25. The van der Waals surface area contributed by atoms with Gasteiger partial charge in [0.25, 0.3) is 5.56 Å². The van der Waals surface area contributed by atoms with Crippen LogP contribution < -0.4 is 5.56 Å². The SMILES string of the molecule is CC[C@@H](C(=O)N1CCc2c(nc(-c3ccncc3)[nH]c2=O)C1)n1cccn1. The first-order chi connectivity index (χ1) is 13.2. The number of amides is 1. The summed E-state index contributed by atoms with van der Waals surface area (Å²) in [7, 11) is 0. The van der Waals surface area contributed by atoms with Crippen molar-refractivity contribution in [1.29, 1.82) is 0 Å². The molecule has 4 rings (SSSR count). The predicted molar refractivity (Wildman–Crippen MR) is 98.8 cm³/mol. The van der Waals surface area contributed by atoms with E-state index in [1.165, 1.54) is 0 Å². The fraction of sp³-hybridized carbons (Fsp3) is 0.316. The molecule has 1 atom stereocenters. The number of nitrogens with one attached hydrogen (secondary N) is 1. The molecule has 0 saturated heterocycles. The van der Waals surface area contributed by atoms with Crippen molar-refractivity contribution in [3.63, 3.8) is 0 Å². The summed E-state index contributed by atoms with van der Waals surface area (Å²) in [6, 6.07) is 5.05. The van der Waals surface area contributed by atoms with Crippen molar-refractivity contribution in [2.75, 3.05) is 6.54 Å². The number of aromatic nitrogens is 5. The molecule has 3 aromatic rings. The van der Waals surface area contributed by atoms with Crippen LogP contribution in [-0.4, -0.2) is 42.1 Å². The molecule has 1 amide bonds. The molecular formula is C19H20N6O2. The molecule has 8 heteroatoms. The summed E-state index contributed by atoms with van der Waals surface area (Å²) in [5.74, 6) is 0.494. The van der Waals surface area contributed by atoms with Crippen LogP contribution in [0, 0.1) is 0 Å². The molecule has 0 spiro atoms. The van der Waals surface area contributed by atoms with Gasteiger partial charge in [-0.3, -0.25) is 19.3 Å². The van der Waals surface area contributed by atoms with E-state index in [9.17, 15) is 9.59 Å². The van der Waals surface area contributed by atoms with Crippen molar-refractivity contribution in [3.05, 3.63) is 64.6 Å². The molecule has 0 fully saturated rings. The zero-order chi connectivity index (χ0) is 18.8. The molecule has 27 heavy (non-hydrogen) atoms. The molecule has 138 valence electrons. The van der Waals surface area contributed by atoms with Gasteiger partial charge in [-0.1, -0.05) is 6.92 Å². The van der Waals surface area contributed by atoms with Crippen molar-refractivity contribution >= 4 is 5.91 Å². The van der Waals surface area contributed by atoms with Crippen LogP contribution in [0.3, 0.4) is 0 Å². The Labute approximate surface area is 155 Å². The normalized spacial score (nSPS) is 14.6. The number of hydrogen-bond donors (Lipinski definition) is 1. The molecule has 3 aromatic heterocycles. The van der Waals surface area contributed by atoms with Gasteiger partial charge >= 0.3 is 0 Å². The second-order valence-electron chi connectivity index (χ2n) is 6.50. The average Bonchev–Trinajstić information content (AvgIpc) is 3.23. The maximum absolute atomic E-state index is 13.0. The molecule has 0 unspecified atom stereocenters. The van der Waals surface area contributed by atoms with E-state index in [2.05, 4.69) is 20.1 Å². The number of rotatable bonds is 4. The smallest absolute Gasteiger partial charge is 0.254 e. The van der Waals surface area contributed by atoms with Gasteiger partial charge in [0.2, 0.25) is 5.91 Å². The van der Waals surface area contributed by atoms with Crippen LogP contribution in [0.5, 0.6) is 0 Å². The van der Waals surface area contributed by atoms with Crippen molar-refractivity contribution < 1.29 is 4.79 Å². The van der Waals surface area contributed by atoms with Gasteiger partial charge in [-0.05, 0) is 31.0 Å². The minimum absolute atomic E-state index is 0.000562. The maximum atomic E-state index is 13.0. The van der Waals surface area contributed by atoms with E-state index < -0.39 is 0 Å². The van der Waals surface area contributed by atoms with Crippen molar-refractivity contribution in [1.82, 2.24) is 29.6 Å². The quantitative estimate of drug-likeness (QED) is 0.758. The molecule has 1 aliphatic rings. The monoisotopic (exact) mass is 364 g/mol. The second-order valence-corrected chi connectivity index (χ2v) is 6.50. The van der Waals surface area contributed by atoms with Crippen molar-refractivity contribution in [2.24, 2.45) is 0 Å². The molecular weight excluding hydrogens is 344 g/mol. The number of carbonyl (C=O) groups excluding carboxylic acids is 1. The summed E-state index contributed by atoms with van der Waals surface area (Å²) < 4.78 is 1.69. The Kier molecular flexibility index (Phi) is 4.53. The lowest BCUT2D eigenvalue weighted by Gasteiger charge is -2.30. The Bertz CT molecular complexity index is 997. The van der Waals surface area contributed by atoms with Crippen LogP contribution in [0.25, 0.3) is 11.4 Å². The molecule has 0 saturated carbocycles. The van der Waals surface area contributed by atoms with Gasteiger partial charge in [-0.25, -0.2) is 4.98 Å². The van der Waals surface area contributed by atoms with E-state index in [1.54, 1.807) is 46.5 Å². The van der Waals surface area contributed by atoms with Crippen LogP contribution in [-0.2, 0) is 17.8 Å². The minimum Gasteiger partial charge on any atom is -0.335 e. The lowest BCUT2D eigenvalue weighted by molar-refractivity contribution is -0.136. The molecule has 0 radical (unpaired) electrons. The van der Waals surface area contributed by atoms with Gasteiger partial charge < -0.3 is 9.88 Å². The number of fused-ring (bicyclic) bond motifs is 1. The number of aromatic amines is 1. The topological polar surface area (TPSA) is 96.8 Å². The molecule has 0 aromatic carbocycles. The summed E-state index contributed by atoms with van der Waals surface area (Å²) in [6.45, 7) is 2.80. The Morgan fingerprint density at radius 3 is 2.81 bits per heavy atom. The van der Waals surface area contributed by atoms with Crippen molar-refractivity contribution in [2.45, 2.75) is 32.4 Å². The highest BCUT2D eigenvalue weighted by Crippen LogP contribution is 2.22. The first-order valence-electron chi connectivity index (χ1n) is 8.97. The first kappa shape index (κ1) is 17.1. The molecule has 1 N–H and O–H groups in total. The van der Waals surface area contributed by atoms with Crippen LogP contribution in [0.2, 0.25) is 0 Å². The summed E-state index contributed by atoms with van der Waals surface area (Å²) in [4.78, 5) is 38.7. The maximum Gasteiger partial charge on any atom is 0.254 e. The summed E-state index contributed by atoms with van der Waals surface area (Å²) >= 11 is 0. The van der Waals surface area contributed by atoms with Gasteiger partial charge in [-0.15, -0.1) is 0 Å². The highest BCUT2D eigenvalue weighted by Gasteiger charge is 2.29. The third-order valence-electron chi connectivity index (χ3n) is 4.85. The second kappa shape index (κ2) is 7.14. The van der Waals surface area contributed by atoms with Gasteiger partial charge in [0.05, 0.1) is 12.2 Å². The van der Waals surface area contributed by atoms with Crippen molar-refractivity contribution in [3.8, 4) is 11.4 Å². The Hall–Kier alpha value is -3.29. The largest absolute Gasteiger partial charge is 0.335 e. The third-order valence-corrected chi connectivity index (χ3v) is 4.85. The van der Waals surface area contributed by atoms with Crippen LogP contribution >= 0.6 is 0 Å². The van der Waals surface area contributed by atoms with Gasteiger partial charge in [0, 0.05) is 42.5 Å². The van der Waals surface area contributed by atoms with Gasteiger partial charge in [0.15, 0.2) is 0 Å². The molecule has 0 bridgehead atoms. The fourth-order valence-electron chi connectivity index (χ4n) is 3.42. The molecule has 0 aliphatic carbocycles. The Balaban J connectivity index is 1.63. The number of pyridine rings is 1. The number of hydrogen-bond acceptors (Lipinski definition) is 5. The highest BCUT2D eigenvalue weighted by molar-refractivity contribution is 5.80. The predicted octanol–water partition coefficient (Wildman–Crippen LogP) is 1.56. The van der Waals surface area contributed by atoms with E-state index in [4.69, 9.17) is 0 Å². The van der Waals surface area contributed by atoms with E-state index in [-0.39, 0.29) is 17.5 Å². The number of nitrogens with zero attached hydrogens (tertiary/aromatic N) is 5.